The van der Waals surface area contributed by atoms with E-state index in [0.29, 0.717) is 6.04 Å². The number of carbonyl (C=O) groups excluding carboxylic acids is 1. The van der Waals surface area contributed by atoms with Crippen molar-refractivity contribution in [3.8, 4) is 0 Å². The van der Waals surface area contributed by atoms with Crippen LogP contribution in [0.15, 0.2) is 24.3 Å². The van der Waals surface area contributed by atoms with Gasteiger partial charge in [0.05, 0.1) is 6.10 Å². The molecule has 1 fully saturated rings. The monoisotopic (exact) mass is 246 g/mol. The lowest BCUT2D eigenvalue weighted by Crippen LogP contribution is -2.36. The van der Waals surface area contributed by atoms with Crippen LogP contribution >= 0.6 is 0 Å². The Morgan fingerprint density at radius 3 is 3.06 bits per heavy atom. The first-order valence-electron chi connectivity index (χ1n) is 6.54. The molecule has 4 nitrogen and oxygen atoms in total. The predicted molar refractivity (Wildman–Crippen MR) is 69.5 cm³/mol. The van der Waals surface area contributed by atoms with Crippen molar-refractivity contribution in [1.29, 1.82) is 0 Å². The maximum absolute atomic E-state index is 11.5. The average Bonchev–Trinajstić information content (AvgIpc) is 3.20. The van der Waals surface area contributed by atoms with Crippen LogP contribution in [0.3, 0.4) is 0 Å². The molecule has 1 heterocycles. The minimum absolute atomic E-state index is 0.0105. The molecule has 96 valence electrons. The van der Waals surface area contributed by atoms with E-state index in [-0.39, 0.29) is 18.6 Å². The van der Waals surface area contributed by atoms with E-state index >= 15 is 0 Å². The van der Waals surface area contributed by atoms with Gasteiger partial charge in [-0.05, 0) is 24.5 Å². The fourth-order valence-corrected chi connectivity index (χ4v) is 2.22. The van der Waals surface area contributed by atoms with Gasteiger partial charge in [0.1, 0.15) is 6.61 Å². The van der Waals surface area contributed by atoms with Crippen molar-refractivity contribution in [2.45, 2.75) is 31.4 Å². The third-order valence-electron chi connectivity index (χ3n) is 3.38. The van der Waals surface area contributed by atoms with Crippen molar-refractivity contribution in [2.75, 3.05) is 18.5 Å². The predicted octanol–water partition coefficient (Wildman–Crippen LogP) is 1.32. The lowest BCUT2D eigenvalue weighted by molar-refractivity contribution is -0.127. The molecule has 1 saturated carbocycles. The Morgan fingerprint density at radius 2 is 2.22 bits per heavy atom. The number of rotatable bonds is 4. The molecular formula is C14H18N2O2. The molecule has 4 heteroatoms. The summed E-state index contributed by atoms with van der Waals surface area (Å²) < 4.78 is 5.66. The summed E-state index contributed by atoms with van der Waals surface area (Å²) in [6.07, 6.45) is 3.19. The molecule has 0 spiro atoms. The summed E-state index contributed by atoms with van der Waals surface area (Å²) >= 11 is 0. The van der Waals surface area contributed by atoms with Gasteiger partial charge in [0, 0.05) is 24.7 Å². The molecule has 1 atom stereocenters. The number of ether oxygens (including phenoxy) is 1. The molecule has 1 aliphatic carbocycles. The number of nitrogens with one attached hydrogen (secondary N) is 2. The number of anilines is 1. The summed E-state index contributed by atoms with van der Waals surface area (Å²) in [5.41, 5.74) is 2.44. The van der Waals surface area contributed by atoms with Crippen molar-refractivity contribution in [3.63, 3.8) is 0 Å². The molecule has 2 N–H and O–H groups in total. The quantitative estimate of drug-likeness (QED) is 0.842. The molecule has 0 saturated heterocycles. The lowest BCUT2D eigenvalue weighted by Gasteiger charge is -2.26. The molecular weight excluding hydrogens is 228 g/mol. The SMILES string of the molecule is O=C(COC1CNc2ccccc2C1)NC1CC1. The van der Waals surface area contributed by atoms with Gasteiger partial charge in [-0.1, -0.05) is 18.2 Å². The molecule has 0 bridgehead atoms. The second kappa shape index (κ2) is 4.98. The van der Waals surface area contributed by atoms with E-state index in [2.05, 4.69) is 22.8 Å². The Labute approximate surface area is 107 Å². The Morgan fingerprint density at radius 1 is 1.39 bits per heavy atom. The van der Waals surface area contributed by atoms with Gasteiger partial charge in [0.25, 0.3) is 0 Å². The van der Waals surface area contributed by atoms with Crippen LogP contribution < -0.4 is 10.6 Å². The van der Waals surface area contributed by atoms with Crippen molar-refractivity contribution < 1.29 is 9.53 Å². The fourth-order valence-electron chi connectivity index (χ4n) is 2.22. The zero-order valence-corrected chi connectivity index (χ0v) is 10.3. The smallest absolute Gasteiger partial charge is 0.246 e. The zero-order chi connectivity index (χ0) is 12.4. The van der Waals surface area contributed by atoms with Crippen molar-refractivity contribution in [1.82, 2.24) is 5.32 Å². The molecule has 1 unspecified atom stereocenters. The van der Waals surface area contributed by atoms with E-state index in [9.17, 15) is 4.79 Å². The van der Waals surface area contributed by atoms with Gasteiger partial charge in [-0.3, -0.25) is 4.79 Å². The molecule has 1 amide bonds. The number of amides is 1. The molecule has 18 heavy (non-hydrogen) atoms. The van der Waals surface area contributed by atoms with Crippen molar-refractivity contribution >= 4 is 11.6 Å². The maximum atomic E-state index is 11.5. The van der Waals surface area contributed by atoms with Gasteiger partial charge in [0.15, 0.2) is 0 Å². The summed E-state index contributed by atoms with van der Waals surface area (Å²) in [7, 11) is 0. The Bertz CT molecular complexity index is 443. The number of hydrogen-bond acceptors (Lipinski definition) is 3. The van der Waals surface area contributed by atoms with Gasteiger partial charge in [0.2, 0.25) is 5.91 Å². The van der Waals surface area contributed by atoms with E-state index < -0.39 is 0 Å². The van der Waals surface area contributed by atoms with Crippen molar-refractivity contribution in [2.24, 2.45) is 0 Å². The second-order valence-corrected chi connectivity index (χ2v) is 5.02. The molecule has 2 aliphatic rings. The molecule has 0 radical (unpaired) electrons. The largest absolute Gasteiger partial charge is 0.382 e. The number of fused-ring (bicyclic) bond motifs is 1. The number of carbonyl (C=O) groups is 1. The summed E-state index contributed by atoms with van der Waals surface area (Å²) in [4.78, 5) is 11.5. The van der Waals surface area contributed by atoms with Gasteiger partial charge < -0.3 is 15.4 Å². The highest BCUT2D eigenvalue weighted by atomic mass is 16.5. The van der Waals surface area contributed by atoms with Gasteiger partial charge in [-0.25, -0.2) is 0 Å². The van der Waals surface area contributed by atoms with Crippen LogP contribution in [-0.2, 0) is 16.0 Å². The summed E-state index contributed by atoms with van der Waals surface area (Å²) in [6, 6.07) is 8.64. The minimum Gasteiger partial charge on any atom is -0.382 e. The number of hydrogen-bond donors (Lipinski definition) is 2. The molecule has 3 rings (SSSR count). The van der Waals surface area contributed by atoms with Gasteiger partial charge >= 0.3 is 0 Å². The van der Waals surface area contributed by atoms with E-state index in [4.69, 9.17) is 4.74 Å². The van der Waals surface area contributed by atoms with Crippen molar-refractivity contribution in [3.05, 3.63) is 29.8 Å². The molecule has 1 aromatic carbocycles. The van der Waals surface area contributed by atoms with E-state index in [1.807, 2.05) is 12.1 Å². The Kier molecular flexibility index (Phi) is 3.19. The topological polar surface area (TPSA) is 50.4 Å². The maximum Gasteiger partial charge on any atom is 0.246 e. The first-order valence-corrected chi connectivity index (χ1v) is 6.54. The number of para-hydroxylation sites is 1. The highest BCUT2D eigenvalue weighted by molar-refractivity contribution is 5.77. The zero-order valence-electron chi connectivity index (χ0n) is 10.3. The third-order valence-corrected chi connectivity index (χ3v) is 3.38. The highest BCUT2D eigenvalue weighted by Gasteiger charge is 2.24. The van der Waals surface area contributed by atoms with E-state index in [1.165, 1.54) is 11.3 Å². The van der Waals surface area contributed by atoms with Crippen LogP contribution in [0.4, 0.5) is 5.69 Å². The first kappa shape index (κ1) is 11.5. The Hall–Kier alpha value is -1.55. The van der Waals surface area contributed by atoms with Gasteiger partial charge in [-0.15, -0.1) is 0 Å². The van der Waals surface area contributed by atoms with Crippen LogP contribution in [-0.4, -0.2) is 31.2 Å². The average molecular weight is 246 g/mol. The lowest BCUT2D eigenvalue weighted by atomic mass is 10.0. The van der Waals surface area contributed by atoms with Crippen LogP contribution in [0.2, 0.25) is 0 Å². The summed E-state index contributed by atoms with van der Waals surface area (Å²) in [6.45, 7) is 0.943. The Balaban J connectivity index is 1.48. The molecule has 1 aliphatic heterocycles. The normalized spacial score (nSPS) is 21.9. The van der Waals surface area contributed by atoms with Crippen LogP contribution in [0.5, 0.6) is 0 Å². The van der Waals surface area contributed by atoms with Crippen LogP contribution in [0.1, 0.15) is 18.4 Å². The highest BCUT2D eigenvalue weighted by Crippen LogP contribution is 2.22. The number of benzene rings is 1. The van der Waals surface area contributed by atoms with Crippen LogP contribution in [0.25, 0.3) is 0 Å². The summed E-state index contributed by atoms with van der Waals surface area (Å²) in [5.74, 6) is 0.0105. The minimum atomic E-state index is 0.0105. The second-order valence-electron chi connectivity index (χ2n) is 5.02. The van der Waals surface area contributed by atoms with E-state index in [0.717, 1.165) is 25.8 Å². The van der Waals surface area contributed by atoms with Gasteiger partial charge in [-0.2, -0.15) is 0 Å². The molecule has 0 aromatic heterocycles. The third kappa shape index (κ3) is 2.82. The van der Waals surface area contributed by atoms with Crippen LogP contribution in [0, 0.1) is 0 Å². The fraction of sp³-hybridized carbons (Fsp3) is 0.500. The first-order chi connectivity index (χ1) is 8.81. The standard InChI is InChI=1S/C14H18N2O2/c17-14(16-11-5-6-11)9-18-12-7-10-3-1-2-4-13(10)15-8-12/h1-4,11-12,15H,5-9H2,(H,16,17). The summed E-state index contributed by atoms with van der Waals surface area (Å²) in [5, 5.41) is 6.26. The molecule has 1 aromatic rings. The van der Waals surface area contributed by atoms with E-state index in [1.54, 1.807) is 0 Å².